The minimum absolute atomic E-state index is 0.226. The fraction of sp³-hybridized carbons (Fsp3) is 0.538. The number of nitrogen functional groups attached to an aromatic ring is 1. The summed E-state index contributed by atoms with van der Waals surface area (Å²) in [5.41, 5.74) is 8.14. The molecule has 0 saturated heterocycles. The molecule has 0 aliphatic heterocycles. The molecule has 0 spiro atoms. The van der Waals surface area contributed by atoms with Gasteiger partial charge < -0.3 is 10.6 Å². The summed E-state index contributed by atoms with van der Waals surface area (Å²) < 4.78 is 1.06. The zero-order valence-electron chi connectivity index (χ0n) is 10.7. The van der Waals surface area contributed by atoms with E-state index < -0.39 is 0 Å². The fourth-order valence-corrected chi connectivity index (χ4v) is 1.96. The van der Waals surface area contributed by atoms with Gasteiger partial charge in [0.25, 0.3) is 0 Å². The van der Waals surface area contributed by atoms with Crippen molar-refractivity contribution in [3.8, 4) is 0 Å². The van der Waals surface area contributed by atoms with Gasteiger partial charge in [-0.3, -0.25) is 0 Å². The van der Waals surface area contributed by atoms with Crippen LogP contribution in [0.2, 0.25) is 0 Å². The fourth-order valence-electron chi connectivity index (χ4n) is 1.61. The first-order chi connectivity index (χ1) is 7.23. The minimum atomic E-state index is 0.226. The van der Waals surface area contributed by atoms with Crippen molar-refractivity contribution in [2.24, 2.45) is 5.41 Å². The zero-order chi connectivity index (χ0) is 12.5. The second-order valence-corrected chi connectivity index (χ2v) is 6.27. The highest BCUT2D eigenvalue weighted by Crippen LogP contribution is 2.32. The number of hydrogen-bond donors (Lipinski definition) is 1. The van der Waals surface area contributed by atoms with Gasteiger partial charge in [0.2, 0.25) is 0 Å². The first kappa shape index (κ1) is 13.4. The van der Waals surface area contributed by atoms with Gasteiger partial charge >= 0.3 is 0 Å². The van der Waals surface area contributed by atoms with Crippen LogP contribution in [0.15, 0.2) is 22.7 Å². The third-order valence-electron chi connectivity index (χ3n) is 3.21. The van der Waals surface area contributed by atoms with Gasteiger partial charge in [-0.2, -0.15) is 0 Å². The van der Waals surface area contributed by atoms with Crippen LogP contribution in [0.3, 0.4) is 0 Å². The monoisotopic (exact) mass is 284 g/mol. The lowest BCUT2D eigenvalue weighted by Crippen LogP contribution is -2.39. The average molecular weight is 285 g/mol. The molecule has 0 aliphatic carbocycles. The summed E-state index contributed by atoms with van der Waals surface area (Å²) >= 11 is 3.48. The van der Waals surface area contributed by atoms with E-state index in [2.05, 4.69) is 61.6 Å². The molecule has 0 fully saturated rings. The second kappa shape index (κ2) is 4.66. The standard InChI is InChI=1S/C13H21BrN2/c1-9(13(2,3)4)16(5)12-8-10(14)6-7-11(12)15/h6-9H,15H2,1-5H3. The van der Waals surface area contributed by atoms with Crippen molar-refractivity contribution in [2.45, 2.75) is 33.7 Å². The molecule has 1 unspecified atom stereocenters. The third kappa shape index (κ3) is 2.91. The molecule has 90 valence electrons. The van der Waals surface area contributed by atoms with Crippen LogP contribution in [0.1, 0.15) is 27.7 Å². The molecule has 1 rings (SSSR count). The first-order valence-corrected chi connectivity index (χ1v) is 6.30. The summed E-state index contributed by atoms with van der Waals surface area (Å²) in [6, 6.07) is 6.39. The molecule has 0 heterocycles. The van der Waals surface area contributed by atoms with Crippen molar-refractivity contribution in [2.75, 3.05) is 17.7 Å². The summed E-state index contributed by atoms with van der Waals surface area (Å²) in [6.45, 7) is 8.94. The van der Waals surface area contributed by atoms with Gasteiger partial charge in [-0.1, -0.05) is 36.7 Å². The summed E-state index contributed by atoms with van der Waals surface area (Å²) in [5, 5.41) is 0. The number of hydrogen-bond acceptors (Lipinski definition) is 2. The van der Waals surface area contributed by atoms with Gasteiger partial charge in [-0.15, -0.1) is 0 Å². The molecule has 2 nitrogen and oxygen atoms in total. The van der Waals surface area contributed by atoms with Crippen molar-refractivity contribution < 1.29 is 0 Å². The summed E-state index contributed by atoms with van der Waals surface area (Å²) in [5.74, 6) is 0. The Morgan fingerprint density at radius 2 is 1.88 bits per heavy atom. The molecule has 0 radical (unpaired) electrons. The third-order valence-corrected chi connectivity index (χ3v) is 3.70. The summed E-state index contributed by atoms with van der Waals surface area (Å²) in [6.07, 6.45) is 0. The highest BCUT2D eigenvalue weighted by atomic mass is 79.9. The van der Waals surface area contributed by atoms with E-state index in [1.54, 1.807) is 0 Å². The van der Waals surface area contributed by atoms with Crippen LogP contribution in [0.25, 0.3) is 0 Å². The van der Waals surface area contributed by atoms with Crippen LogP contribution in [0, 0.1) is 5.41 Å². The van der Waals surface area contributed by atoms with E-state index in [-0.39, 0.29) is 5.41 Å². The average Bonchev–Trinajstić information content (AvgIpc) is 2.18. The van der Waals surface area contributed by atoms with E-state index in [4.69, 9.17) is 5.73 Å². The number of benzene rings is 1. The zero-order valence-corrected chi connectivity index (χ0v) is 12.3. The predicted octanol–water partition coefficient (Wildman–Crippen LogP) is 3.90. The molecule has 16 heavy (non-hydrogen) atoms. The molecule has 0 saturated carbocycles. The van der Waals surface area contributed by atoms with Crippen LogP contribution in [0.4, 0.5) is 11.4 Å². The van der Waals surface area contributed by atoms with Crippen molar-refractivity contribution in [1.29, 1.82) is 0 Å². The van der Waals surface area contributed by atoms with Gasteiger partial charge in [0.1, 0.15) is 0 Å². The highest BCUT2D eigenvalue weighted by Gasteiger charge is 2.25. The van der Waals surface area contributed by atoms with Crippen molar-refractivity contribution in [1.82, 2.24) is 0 Å². The summed E-state index contributed by atoms with van der Waals surface area (Å²) in [4.78, 5) is 2.24. The quantitative estimate of drug-likeness (QED) is 0.835. The summed E-state index contributed by atoms with van der Waals surface area (Å²) in [7, 11) is 2.09. The lowest BCUT2D eigenvalue weighted by Gasteiger charge is -2.37. The van der Waals surface area contributed by atoms with E-state index in [1.807, 2.05) is 12.1 Å². The van der Waals surface area contributed by atoms with Crippen molar-refractivity contribution in [3.63, 3.8) is 0 Å². The first-order valence-electron chi connectivity index (χ1n) is 5.51. The highest BCUT2D eigenvalue weighted by molar-refractivity contribution is 9.10. The minimum Gasteiger partial charge on any atom is -0.397 e. The molecule has 0 bridgehead atoms. The van der Waals surface area contributed by atoms with E-state index in [0.29, 0.717) is 6.04 Å². The van der Waals surface area contributed by atoms with Gasteiger partial charge in [0.15, 0.2) is 0 Å². The van der Waals surface area contributed by atoms with Gasteiger partial charge in [0, 0.05) is 17.6 Å². The van der Waals surface area contributed by atoms with Crippen LogP contribution in [-0.4, -0.2) is 13.1 Å². The van der Waals surface area contributed by atoms with E-state index >= 15 is 0 Å². The molecule has 0 amide bonds. The molecule has 2 N–H and O–H groups in total. The van der Waals surface area contributed by atoms with E-state index in [1.165, 1.54) is 0 Å². The Bertz CT molecular complexity index is 369. The normalized spacial score (nSPS) is 13.6. The number of anilines is 2. The van der Waals surface area contributed by atoms with Crippen LogP contribution >= 0.6 is 15.9 Å². The SMILES string of the molecule is CC(N(C)c1cc(Br)ccc1N)C(C)(C)C. The molecule has 3 heteroatoms. The van der Waals surface area contributed by atoms with Crippen LogP contribution < -0.4 is 10.6 Å². The number of halogens is 1. The molecule has 1 atom stereocenters. The van der Waals surface area contributed by atoms with Gasteiger partial charge in [-0.25, -0.2) is 0 Å². The van der Waals surface area contributed by atoms with Crippen molar-refractivity contribution in [3.05, 3.63) is 22.7 Å². The Hall–Kier alpha value is -0.700. The van der Waals surface area contributed by atoms with Crippen molar-refractivity contribution >= 4 is 27.3 Å². The van der Waals surface area contributed by atoms with E-state index in [0.717, 1.165) is 15.8 Å². The smallest absolute Gasteiger partial charge is 0.0611 e. The Balaban J connectivity index is 3.05. The molecule has 0 aliphatic rings. The van der Waals surface area contributed by atoms with Crippen LogP contribution in [-0.2, 0) is 0 Å². The number of nitrogens with two attached hydrogens (primary N) is 1. The lowest BCUT2D eigenvalue weighted by atomic mass is 9.87. The number of nitrogens with zero attached hydrogens (tertiary/aromatic N) is 1. The maximum absolute atomic E-state index is 6.01. The lowest BCUT2D eigenvalue weighted by molar-refractivity contribution is 0.330. The molecular formula is C13H21BrN2. The number of rotatable bonds is 2. The second-order valence-electron chi connectivity index (χ2n) is 5.36. The Morgan fingerprint density at radius 1 is 1.31 bits per heavy atom. The molecular weight excluding hydrogens is 264 g/mol. The maximum atomic E-state index is 6.01. The topological polar surface area (TPSA) is 29.3 Å². The Morgan fingerprint density at radius 3 is 2.38 bits per heavy atom. The van der Waals surface area contributed by atoms with E-state index in [9.17, 15) is 0 Å². The maximum Gasteiger partial charge on any atom is 0.0611 e. The predicted molar refractivity (Wildman–Crippen MR) is 75.9 cm³/mol. The molecule has 0 aromatic heterocycles. The van der Waals surface area contributed by atoms with Crippen LogP contribution in [0.5, 0.6) is 0 Å². The van der Waals surface area contributed by atoms with Gasteiger partial charge in [0.05, 0.1) is 11.4 Å². The Kier molecular flexibility index (Phi) is 3.89. The largest absolute Gasteiger partial charge is 0.397 e. The molecule has 1 aromatic rings. The molecule has 1 aromatic carbocycles. The van der Waals surface area contributed by atoms with Gasteiger partial charge in [-0.05, 0) is 30.5 Å². The Labute approximate surface area is 107 Å².